The van der Waals surface area contributed by atoms with E-state index in [-0.39, 0.29) is 24.5 Å². The van der Waals surface area contributed by atoms with Crippen LogP contribution >= 0.6 is 0 Å². The van der Waals surface area contributed by atoms with Gasteiger partial charge in [-0.3, -0.25) is 4.79 Å². The van der Waals surface area contributed by atoms with E-state index < -0.39 is 24.0 Å². The quantitative estimate of drug-likeness (QED) is 0.458. The third-order valence-electron chi connectivity index (χ3n) is 6.81. The van der Waals surface area contributed by atoms with Gasteiger partial charge in [0.2, 0.25) is 5.91 Å². The zero-order valence-electron chi connectivity index (χ0n) is 19.9. The molecule has 0 bridgehead atoms. The second kappa shape index (κ2) is 11.2. The average Bonchev–Trinajstić information content (AvgIpc) is 3.19. The van der Waals surface area contributed by atoms with Gasteiger partial charge in [0.25, 0.3) is 0 Å². The van der Waals surface area contributed by atoms with E-state index in [0.717, 1.165) is 24.0 Å². The van der Waals surface area contributed by atoms with Crippen molar-refractivity contribution in [2.75, 3.05) is 6.61 Å². The third kappa shape index (κ3) is 5.73. The van der Waals surface area contributed by atoms with E-state index >= 15 is 0 Å². The molecule has 4 rings (SSSR count). The number of carbonyl (C=O) groups is 3. The highest BCUT2D eigenvalue weighted by Crippen LogP contribution is 2.44. The number of hydrogen-bond acceptors (Lipinski definition) is 4. The summed E-state index contributed by atoms with van der Waals surface area (Å²) in [6.07, 6.45) is 6.07. The molecule has 7 nitrogen and oxygen atoms in total. The van der Waals surface area contributed by atoms with Crippen LogP contribution in [-0.2, 0) is 14.3 Å². The number of nitrogens with one attached hydrogen (secondary N) is 2. The minimum Gasteiger partial charge on any atom is -0.480 e. The number of alkyl carbamates (subject to hydrolysis) is 1. The number of rotatable bonds is 9. The van der Waals surface area contributed by atoms with Crippen LogP contribution in [-0.4, -0.2) is 41.8 Å². The van der Waals surface area contributed by atoms with E-state index in [9.17, 15) is 19.5 Å². The number of hydrogen-bond donors (Lipinski definition) is 3. The second-order valence-corrected chi connectivity index (χ2v) is 9.21. The van der Waals surface area contributed by atoms with Crippen molar-refractivity contribution in [3.8, 4) is 11.1 Å². The predicted octanol–water partition coefficient (Wildman–Crippen LogP) is 4.62. The normalized spacial score (nSPS) is 19.3. The largest absolute Gasteiger partial charge is 0.480 e. The third-order valence-corrected chi connectivity index (χ3v) is 6.81. The minimum absolute atomic E-state index is 0.0235. The van der Waals surface area contributed by atoms with Gasteiger partial charge >= 0.3 is 12.1 Å². The molecule has 0 fully saturated rings. The number of carboxylic acids is 1. The summed E-state index contributed by atoms with van der Waals surface area (Å²) >= 11 is 0. The Morgan fingerprint density at radius 1 is 1.06 bits per heavy atom. The van der Waals surface area contributed by atoms with Crippen molar-refractivity contribution < 1.29 is 24.2 Å². The average molecular weight is 477 g/mol. The molecule has 184 valence electrons. The highest BCUT2D eigenvalue weighted by molar-refractivity contribution is 5.85. The highest BCUT2D eigenvalue weighted by Gasteiger charge is 2.31. The Balaban J connectivity index is 1.31. The molecule has 0 saturated heterocycles. The summed E-state index contributed by atoms with van der Waals surface area (Å²) in [6, 6.07) is 15.1. The van der Waals surface area contributed by atoms with Gasteiger partial charge in [-0.05, 0) is 41.5 Å². The highest BCUT2D eigenvalue weighted by atomic mass is 16.5. The van der Waals surface area contributed by atoms with Crippen LogP contribution in [0, 0.1) is 5.92 Å². The number of benzene rings is 2. The molecule has 35 heavy (non-hydrogen) atoms. The first-order valence-electron chi connectivity index (χ1n) is 12.3. The topological polar surface area (TPSA) is 105 Å². The lowest BCUT2D eigenvalue weighted by Gasteiger charge is -2.26. The summed E-state index contributed by atoms with van der Waals surface area (Å²) in [4.78, 5) is 36.8. The van der Waals surface area contributed by atoms with Gasteiger partial charge in [0.05, 0.1) is 6.04 Å². The zero-order chi connectivity index (χ0) is 24.8. The van der Waals surface area contributed by atoms with Crippen molar-refractivity contribution in [2.24, 2.45) is 5.92 Å². The van der Waals surface area contributed by atoms with Crippen LogP contribution in [0.25, 0.3) is 11.1 Å². The summed E-state index contributed by atoms with van der Waals surface area (Å²) < 4.78 is 5.62. The molecule has 0 spiro atoms. The van der Waals surface area contributed by atoms with Crippen molar-refractivity contribution in [3.05, 3.63) is 71.8 Å². The van der Waals surface area contributed by atoms with Crippen LogP contribution in [0.1, 0.15) is 56.1 Å². The Morgan fingerprint density at radius 2 is 1.71 bits per heavy atom. The van der Waals surface area contributed by atoms with Crippen molar-refractivity contribution >= 4 is 18.0 Å². The molecule has 0 saturated carbocycles. The summed E-state index contributed by atoms with van der Waals surface area (Å²) in [6.45, 7) is 2.20. The number of carboxylic acid groups (broad SMARTS) is 1. The molecule has 2 aromatic carbocycles. The molecule has 7 heteroatoms. The molecular weight excluding hydrogens is 444 g/mol. The Hall–Kier alpha value is -3.61. The summed E-state index contributed by atoms with van der Waals surface area (Å²) in [5.41, 5.74) is 4.62. The van der Waals surface area contributed by atoms with Gasteiger partial charge in [-0.1, -0.05) is 80.4 Å². The van der Waals surface area contributed by atoms with Gasteiger partial charge in [0.1, 0.15) is 12.6 Å². The van der Waals surface area contributed by atoms with Gasteiger partial charge in [0, 0.05) is 11.8 Å². The van der Waals surface area contributed by atoms with Crippen molar-refractivity contribution in [3.63, 3.8) is 0 Å². The molecular formula is C28H32N2O5. The Morgan fingerprint density at radius 3 is 2.34 bits per heavy atom. The molecule has 0 aromatic heterocycles. The molecule has 0 radical (unpaired) electrons. The van der Waals surface area contributed by atoms with E-state index in [1.165, 1.54) is 11.1 Å². The number of fused-ring (bicyclic) bond motifs is 3. The predicted molar refractivity (Wildman–Crippen MR) is 133 cm³/mol. The zero-order valence-corrected chi connectivity index (χ0v) is 19.9. The summed E-state index contributed by atoms with van der Waals surface area (Å²) in [7, 11) is 0. The standard InChI is InChI=1S/C28H32N2O5/c1-2-3-15-25(27(32)33)30-26(31)18-9-8-10-19(16-18)29-28(34)35-17-24-22-13-6-4-11-20(22)21-12-5-7-14-23(21)24/h4-8,10-14,18-19,24-25H,2-3,9,15-17H2,1H3,(H,29,34)(H,30,31)(H,32,33)/t18-,19-,25?/m1/s1. The van der Waals surface area contributed by atoms with E-state index in [1.54, 1.807) is 0 Å². The fourth-order valence-corrected chi connectivity index (χ4v) is 4.96. The Kier molecular flexibility index (Phi) is 7.85. The van der Waals surface area contributed by atoms with Crippen molar-refractivity contribution in [2.45, 2.75) is 57.0 Å². The Labute approximate surface area is 205 Å². The van der Waals surface area contributed by atoms with Gasteiger partial charge in [-0.25, -0.2) is 9.59 Å². The molecule has 2 aliphatic rings. The number of allylic oxidation sites excluding steroid dienone is 1. The number of carbonyl (C=O) groups excluding carboxylic acids is 2. The molecule has 1 unspecified atom stereocenters. The van der Waals surface area contributed by atoms with Gasteiger partial charge in [-0.2, -0.15) is 0 Å². The molecule has 2 aliphatic carbocycles. The molecule has 0 aliphatic heterocycles. The van der Waals surface area contributed by atoms with E-state index in [0.29, 0.717) is 19.3 Å². The van der Waals surface area contributed by atoms with E-state index in [1.807, 2.05) is 43.3 Å². The molecule has 2 amide bonds. The van der Waals surface area contributed by atoms with Crippen LogP contribution in [0.2, 0.25) is 0 Å². The maximum absolute atomic E-state index is 12.7. The van der Waals surface area contributed by atoms with E-state index in [4.69, 9.17) is 4.74 Å². The Bertz CT molecular complexity index is 1070. The molecule has 2 aromatic rings. The minimum atomic E-state index is -1.02. The van der Waals surface area contributed by atoms with Crippen LogP contribution in [0.4, 0.5) is 4.79 Å². The fourth-order valence-electron chi connectivity index (χ4n) is 4.96. The van der Waals surface area contributed by atoms with Crippen LogP contribution < -0.4 is 10.6 Å². The van der Waals surface area contributed by atoms with E-state index in [2.05, 4.69) is 34.9 Å². The number of ether oxygens (including phenoxy) is 1. The SMILES string of the molecule is CCCCC(NC(=O)[C@@H]1CC=C[C@@H](NC(=O)OCC2c3ccccc3-c3ccccc32)C1)C(=O)O. The number of unbranched alkanes of at least 4 members (excludes halogenated alkanes) is 1. The van der Waals surface area contributed by atoms with Crippen molar-refractivity contribution in [1.82, 2.24) is 10.6 Å². The lowest BCUT2D eigenvalue weighted by molar-refractivity contribution is -0.142. The smallest absolute Gasteiger partial charge is 0.407 e. The first kappa shape index (κ1) is 24.5. The molecule has 3 atom stereocenters. The lowest BCUT2D eigenvalue weighted by atomic mass is 9.90. The summed E-state index contributed by atoms with van der Waals surface area (Å²) in [5, 5.41) is 14.9. The van der Waals surface area contributed by atoms with Gasteiger partial charge in [-0.15, -0.1) is 0 Å². The monoisotopic (exact) mass is 476 g/mol. The first-order chi connectivity index (χ1) is 17.0. The van der Waals surface area contributed by atoms with Crippen LogP contribution in [0.15, 0.2) is 60.7 Å². The first-order valence-corrected chi connectivity index (χ1v) is 12.3. The van der Waals surface area contributed by atoms with Gasteiger partial charge in [0.15, 0.2) is 0 Å². The second-order valence-electron chi connectivity index (χ2n) is 9.21. The molecule has 0 heterocycles. The fraction of sp³-hybridized carbons (Fsp3) is 0.393. The lowest BCUT2D eigenvalue weighted by Crippen LogP contribution is -2.46. The van der Waals surface area contributed by atoms with Crippen molar-refractivity contribution in [1.29, 1.82) is 0 Å². The molecule has 3 N–H and O–H groups in total. The maximum Gasteiger partial charge on any atom is 0.407 e. The van der Waals surface area contributed by atoms with Crippen LogP contribution in [0.3, 0.4) is 0 Å². The number of aliphatic carboxylic acids is 1. The van der Waals surface area contributed by atoms with Crippen LogP contribution in [0.5, 0.6) is 0 Å². The summed E-state index contributed by atoms with van der Waals surface area (Å²) in [5.74, 6) is -1.74. The maximum atomic E-state index is 12.7. The van der Waals surface area contributed by atoms with Gasteiger partial charge < -0.3 is 20.5 Å². The number of amides is 2.